The molecule has 0 N–H and O–H groups in total. The van der Waals surface area contributed by atoms with E-state index in [1.165, 1.54) is 53.2 Å². The summed E-state index contributed by atoms with van der Waals surface area (Å²) in [6.45, 7) is 2.88. The number of rotatable bonds is 5. The first-order chi connectivity index (χ1) is 18.1. The number of hydrogen-bond donors (Lipinski definition) is 0. The highest BCUT2D eigenvalue weighted by Crippen LogP contribution is 2.53. The first-order valence-corrected chi connectivity index (χ1v) is 14.3. The molecule has 7 rings (SSSR count). The number of thioether (sulfide) groups is 1. The second kappa shape index (κ2) is 8.91. The van der Waals surface area contributed by atoms with E-state index in [9.17, 15) is 4.79 Å². The van der Waals surface area contributed by atoms with Gasteiger partial charge in [-0.2, -0.15) is 0 Å². The van der Waals surface area contributed by atoms with Crippen molar-refractivity contribution in [3.8, 4) is 11.4 Å². The third kappa shape index (κ3) is 3.91. The van der Waals surface area contributed by atoms with Gasteiger partial charge in [-0.05, 0) is 80.1 Å². The molecule has 0 radical (unpaired) electrons. The van der Waals surface area contributed by atoms with Crippen LogP contribution in [0.4, 0.5) is 11.4 Å². The van der Waals surface area contributed by atoms with Crippen LogP contribution in [0.25, 0.3) is 10.6 Å². The number of fused-ring (bicyclic) bond motifs is 2. The molecule has 0 bridgehead atoms. The highest BCUT2D eigenvalue weighted by atomic mass is 32.2. The number of likely N-dealkylation sites (N-methyl/N-ethyl adjacent to an activating group) is 1. The number of nitrogens with zero attached hydrogens (tertiary/aromatic N) is 4. The SMILES string of the molecule is CN1CSC2=C1COc1c(C3CC3)cn(-c3ccc(C(=O)N(C)c4ccc(N5CCCC5)cc4)cc3)c12. The molecule has 3 aliphatic heterocycles. The van der Waals surface area contributed by atoms with Crippen LogP contribution in [0.5, 0.6) is 5.75 Å². The lowest BCUT2D eigenvalue weighted by atomic mass is 10.1. The van der Waals surface area contributed by atoms with E-state index < -0.39 is 0 Å². The number of carbonyl (C=O) groups excluding carboxylic acids is 1. The molecule has 4 heterocycles. The Morgan fingerprint density at radius 1 is 1.00 bits per heavy atom. The predicted octanol–water partition coefficient (Wildman–Crippen LogP) is 5.93. The Kier molecular flexibility index (Phi) is 5.50. The highest BCUT2D eigenvalue weighted by molar-refractivity contribution is 8.08. The zero-order chi connectivity index (χ0) is 25.1. The van der Waals surface area contributed by atoms with Crippen LogP contribution in [0.2, 0.25) is 0 Å². The van der Waals surface area contributed by atoms with Gasteiger partial charge in [-0.25, -0.2) is 0 Å². The molecule has 190 valence electrons. The minimum atomic E-state index is -0.00465. The molecule has 4 aliphatic rings. The molecule has 0 spiro atoms. The van der Waals surface area contributed by atoms with Crippen LogP contribution in [0.3, 0.4) is 0 Å². The Bertz CT molecular complexity index is 1380. The Hall–Kier alpha value is -3.32. The minimum absolute atomic E-state index is 0.00465. The van der Waals surface area contributed by atoms with Gasteiger partial charge in [-0.3, -0.25) is 4.79 Å². The van der Waals surface area contributed by atoms with Gasteiger partial charge in [0.05, 0.1) is 16.5 Å². The Balaban J connectivity index is 1.16. The fraction of sp³-hybridized carbons (Fsp3) is 0.367. The van der Waals surface area contributed by atoms with Gasteiger partial charge in [0, 0.05) is 61.6 Å². The van der Waals surface area contributed by atoms with Crippen LogP contribution in [-0.2, 0) is 0 Å². The lowest BCUT2D eigenvalue weighted by molar-refractivity contribution is 0.0993. The van der Waals surface area contributed by atoms with Crippen molar-refractivity contribution >= 4 is 33.9 Å². The smallest absolute Gasteiger partial charge is 0.258 e. The van der Waals surface area contributed by atoms with Gasteiger partial charge in [0.15, 0.2) is 0 Å². The zero-order valence-electron chi connectivity index (χ0n) is 21.4. The maximum atomic E-state index is 13.3. The van der Waals surface area contributed by atoms with E-state index in [0.29, 0.717) is 18.1 Å². The van der Waals surface area contributed by atoms with E-state index in [2.05, 4.69) is 51.9 Å². The first kappa shape index (κ1) is 22.8. The molecule has 1 saturated heterocycles. The number of aromatic nitrogens is 1. The van der Waals surface area contributed by atoms with Crippen LogP contribution in [-0.4, -0.2) is 55.0 Å². The highest BCUT2D eigenvalue weighted by Gasteiger charge is 2.37. The number of benzene rings is 2. The van der Waals surface area contributed by atoms with Crippen LogP contribution < -0.4 is 14.5 Å². The summed E-state index contributed by atoms with van der Waals surface area (Å²) in [5.74, 6) is 2.61. The molecule has 3 aromatic rings. The van der Waals surface area contributed by atoms with Crippen LogP contribution in [0.15, 0.2) is 60.4 Å². The third-order valence-electron chi connectivity index (χ3n) is 8.10. The lowest BCUT2D eigenvalue weighted by Gasteiger charge is -2.22. The molecule has 1 aromatic heterocycles. The van der Waals surface area contributed by atoms with E-state index in [0.717, 1.165) is 36.1 Å². The molecule has 1 aliphatic carbocycles. The molecule has 0 atom stereocenters. The molecule has 7 heteroatoms. The van der Waals surface area contributed by atoms with Crippen molar-refractivity contribution in [3.05, 3.63) is 77.2 Å². The maximum Gasteiger partial charge on any atom is 0.258 e. The van der Waals surface area contributed by atoms with Crippen molar-refractivity contribution in [2.24, 2.45) is 0 Å². The van der Waals surface area contributed by atoms with E-state index in [4.69, 9.17) is 4.74 Å². The van der Waals surface area contributed by atoms with Gasteiger partial charge in [-0.1, -0.05) is 0 Å². The van der Waals surface area contributed by atoms with Crippen molar-refractivity contribution in [1.82, 2.24) is 9.47 Å². The fourth-order valence-corrected chi connectivity index (χ4v) is 6.90. The Morgan fingerprint density at radius 2 is 1.70 bits per heavy atom. The summed E-state index contributed by atoms with van der Waals surface area (Å²) in [4.78, 5) is 21.1. The van der Waals surface area contributed by atoms with E-state index in [-0.39, 0.29) is 5.91 Å². The lowest BCUT2D eigenvalue weighted by Crippen LogP contribution is -2.26. The van der Waals surface area contributed by atoms with E-state index in [1.807, 2.05) is 43.1 Å². The molecule has 2 aromatic carbocycles. The average molecular weight is 513 g/mol. The fourth-order valence-electron chi connectivity index (χ4n) is 5.72. The van der Waals surface area contributed by atoms with Crippen molar-refractivity contribution in [3.63, 3.8) is 0 Å². The van der Waals surface area contributed by atoms with Gasteiger partial charge in [0.1, 0.15) is 18.1 Å². The molecule has 1 saturated carbocycles. The van der Waals surface area contributed by atoms with E-state index >= 15 is 0 Å². The third-order valence-corrected chi connectivity index (χ3v) is 9.34. The van der Waals surface area contributed by atoms with Gasteiger partial charge < -0.3 is 24.0 Å². The minimum Gasteiger partial charge on any atom is -0.485 e. The summed E-state index contributed by atoms with van der Waals surface area (Å²) < 4.78 is 8.60. The summed E-state index contributed by atoms with van der Waals surface area (Å²) in [5.41, 5.74) is 7.66. The summed E-state index contributed by atoms with van der Waals surface area (Å²) in [7, 11) is 3.99. The van der Waals surface area contributed by atoms with Gasteiger partial charge >= 0.3 is 0 Å². The standard InChI is InChI=1S/C30H32N4O2S/c1-31-19-37-29-26(31)18-36-28-25(20-5-6-20)17-34(27(28)29)24-9-7-21(8-10-24)30(35)32(2)22-11-13-23(14-12-22)33-15-3-4-16-33/h7-14,17,20H,3-6,15-16,18-19H2,1-2H3. The predicted molar refractivity (Wildman–Crippen MR) is 151 cm³/mol. The normalized spacial score (nSPS) is 18.6. The monoisotopic (exact) mass is 512 g/mol. The van der Waals surface area contributed by atoms with Crippen LogP contribution in [0, 0.1) is 0 Å². The van der Waals surface area contributed by atoms with Gasteiger partial charge in [0.2, 0.25) is 0 Å². The largest absolute Gasteiger partial charge is 0.485 e. The molecular weight excluding hydrogens is 480 g/mol. The second-order valence-corrected chi connectivity index (χ2v) is 11.5. The second-order valence-electron chi connectivity index (χ2n) is 10.6. The molecule has 1 amide bonds. The van der Waals surface area contributed by atoms with Crippen molar-refractivity contribution in [2.75, 3.05) is 49.5 Å². The molecule has 0 unspecified atom stereocenters. The quantitative estimate of drug-likeness (QED) is 0.424. The first-order valence-electron chi connectivity index (χ1n) is 13.3. The van der Waals surface area contributed by atoms with Gasteiger partial charge in [-0.15, -0.1) is 11.8 Å². The molecule has 37 heavy (non-hydrogen) atoms. The number of anilines is 2. The van der Waals surface area contributed by atoms with Crippen LogP contribution >= 0.6 is 11.8 Å². The molecule has 2 fully saturated rings. The van der Waals surface area contributed by atoms with Gasteiger partial charge in [0.25, 0.3) is 5.91 Å². The Morgan fingerprint density at radius 3 is 2.41 bits per heavy atom. The molecule has 6 nitrogen and oxygen atoms in total. The number of amides is 1. The summed E-state index contributed by atoms with van der Waals surface area (Å²) in [6, 6.07) is 16.4. The topological polar surface area (TPSA) is 41.0 Å². The molecular formula is C30H32N4O2S. The number of ether oxygens (including phenoxy) is 1. The zero-order valence-corrected chi connectivity index (χ0v) is 22.3. The van der Waals surface area contributed by atoms with Crippen molar-refractivity contribution < 1.29 is 9.53 Å². The summed E-state index contributed by atoms with van der Waals surface area (Å²) >= 11 is 1.89. The average Bonchev–Trinajstić information content (AvgIpc) is 3.32. The van der Waals surface area contributed by atoms with Crippen LogP contribution in [0.1, 0.15) is 53.2 Å². The Labute approximate surface area is 222 Å². The summed E-state index contributed by atoms with van der Waals surface area (Å²) in [5, 5.41) is 0. The number of hydrogen-bond acceptors (Lipinski definition) is 5. The van der Waals surface area contributed by atoms with Crippen molar-refractivity contribution in [1.29, 1.82) is 0 Å². The summed E-state index contributed by atoms with van der Waals surface area (Å²) in [6.07, 6.45) is 7.24. The maximum absolute atomic E-state index is 13.3. The number of carbonyl (C=O) groups is 1. The van der Waals surface area contributed by atoms with E-state index in [1.54, 1.807) is 4.90 Å². The van der Waals surface area contributed by atoms with Crippen molar-refractivity contribution in [2.45, 2.75) is 31.6 Å².